The summed E-state index contributed by atoms with van der Waals surface area (Å²) in [7, 11) is 0. The van der Waals surface area contributed by atoms with Gasteiger partial charge >= 0.3 is 5.00 Å². The number of fused-ring (bicyclic) bond motifs is 1. The molecule has 1 aromatic carbocycles. The molecule has 14 heavy (non-hydrogen) atoms. The number of hydrogen-bond acceptors (Lipinski definition) is 3. The van der Waals surface area contributed by atoms with Gasteiger partial charge in [0.15, 0.2) is 0 Å². The Morgan fingerprint density at radius 3 is 2.79 bits per heavy atom. The summed E-state index contributed by atoms with van der Waals surface area (Å²) in [5.41, 5.74) is 0. The minimum Gasteiger partial charge on any atom is -0.258 e. The summed E-state index contributed by atoms with van der Waals surface area (Å²) in [6.45, 7) is 0. The van der Waals surface area contributed by atoms with E-state index in [1.807, 2.05) is 0 Å². The second-order valence-corrected chi connectivity index (χ2v) is 4.97. The van der Waals surface area contributed by atoms with E-state index in [0.29, 0.717) is 5.02 Å². The lowest BCUT2D eigenvalue weighted by Crippen LogP contribution is -1.80. The highest BCUT2D eigenvalue weighted by Gasteiger charge is 2.13. The molecule has 0 aliphatic carbocycles. The molecule has 0 bridgehead atoms. The van der Waals surface area contributed by atoms with Crippen LogP contribution in [0.2, 0.25) is 5.02 Å². The first-order chi connectivity index (χ1) is 6.58. The maximum Gasteiger partial charge on any atom is 0.325 e. The predicted octanol–water partition coefficient (Wildman–Crippen LogP) is 4.23. The highest BCUT2D eigenvalue weighted by atomic mass is 79.9. The molecule has 0 radical (unpaired) electrons. The molecule has 0 saturated heterocycles. The van der Waals surface area contributed by atoms with Crippen LogP contribution in [0.15, 0.2) is 22.7 Å². The monoisotopic (exact) mass is 291 g/mol. The lowest BCUT2D eigenvalue weighted by atomic mass is 10.3. The van der Waals surface area contributed by atoms with Crippen LogP contribution in [-0.4, -0.2) is 4.92 Å². The number of nitrogens with zero attached hydrogens (tertiary/aromatic N) is 1. The fourth-order valence-electron chi connectivity index (χ4n) is 1.15. The summed E-state index contributed by atoms with van der Waals surface area (Å²) in [6, 6.07) is 4.96. The van der Waals surface area contributed by atoms with E-state index in [1.54, 1.807) is 12.1 Å². The molecule has 1 heterocycles. The van der Waals surface area contributed by atoms with Crippen LogP contribution in [0.5, 0.6) is 0 Å². The minimum atomic E-state index is -0.398. The second-order valence-electron chi connectivity index (χ2n) is 2.65. The molecular formula is C8H3BrClNO2S. The zero-order valence-electron chi connectivity index (χ0n) is 6.66. The Balaban J connectivity index is 2.76. The first-order valence-corrected chi connectivity index (χ1v) is 5.59. The van der Waals surface area contributed by atoms with Crippen molar-refractivity contribution in [2.45, 2.75) is 0 Å². The maximum atomic E-state index is 10.5. The first kappa shape index (κ1) is 9.89. The third-order valence-corrected chi connectivity index (χ3v) is 3.94. The number of nitro groups is 1. The van der Waals surface area contributed by atoms with E-state index < -0.39 is 4.92 Å². The number of rotatable bonds is 1. The van der Waals surface area contributed by atoms with Crippen molar-refractivity contribution in [1.82, 2.24) is 0 Å². The van der Waals surface area contributed by atoms with Gasteiger partial charge in [0.1, 0.15) is 0 Å². The summed E-state index contributed by atoms with van der Waals surface area (Å²) in [5, 5.41) is 12.0. The van der Waals surface area contributed by atoms with Gasteiger partial charge < -0.3 is 0 Å². The Labute approximate surface area is 96.6 Å². The lowest BCUT2D eigenvalue weighted by molar-refractivity contribution is -0.380. The molecule has 72 valence electrons. The van der Waals surface area contributed by atoms with Crippen molar-refractivity contribution in [2.24, 2.45) is 0 Å². The molecule has 3 nitrogen and oxygen atoms in total. The van der Waals surface area contributed by atoms with Crippen LogP contribution in [0.3, 0.4) is 0 Å². The summed E-state index contributed by atoms with van der Waals surface area (Å²) in [4.78, 5) is 10.1. The molecule has 0 fully saturated rings. The van der Waals surface area contributed by atoms with Gasteiger partial charge in [0.25, 0.3) is 0 Å². The quantitative estimate of drug-likeness (QED) is 0.583. The van der Waals surface area contributed by atoms with Crippen LogP contribution in [0, 0.1) is 10.1 Å². The number of thiophene rings is 1. The van der Waals surface area contributed by atoms with E-state index >= 15 is 0 Å². The number of halogens is 2. The van der Waals surface area contributed by atoms with Gasteiger partial charge in [0.05, 0.1) is 9.62 Å². The van der Waals surface area contributed by atoms with Gasteiger partial charge in [-0.25, -0.2) is 0 Å². The largest absolute Gasteiger partial charge is 0.325 e. The Hall–Kier alpha value is -0.650. The zero-order chi connectivity index (χ0) is 10.3. The Morgan fingerprint density at radius 2 is 2.14 bits per heavy atom. The van der Waals surface area contributed by atoms with E-state index in [9.17, 15) is 10.1 Å². The Bertz CT molecular complexity index is 525. The molecule has 0 spiro atoms. The van der Waals surface area contributed by atoms with Crippen molar-refractivity contribution >= 4 is 54.0 Å². The maximum absolute atomic E-state index is 10.5. The molecule has 0 N–H and O–H groups in total. The van der Waals surface area contributed by atoms with Gasteiger partial charge in [0.2, 0.25) is 0 Å². The lowest BCUT2D eigenvalue weighted by Gasteiger charge is -1.93. The fourth-order valence-corrected chi connectivity index (χ4v) is 3.09. The van der Waals surface area contributed by atoms with E-state index in [4.69, 9.17) is 11.6 Å². The topological polar surface area (TPSA) is 43.1 Å². The predicted molar refractivity (Wildman–Crippen MR) is 61.2 cm³/mol. The van der Waals surface area contributed by atoms with Gasteiger partial charge in [-0.1, -0.05) is 22.9 Å². The van der Waals surface area contributed by atoms with Crippen molar-refractivity contribution in [3.63, 3.8) is 0 Å². The van der Waals surface area contributed by atoms with E-state index in [0.717, 1.165) is 25.9 Å². The molecule has 0 aliphatic rings. The van der Waals surface area contributed by atoms with Crippen LogP contribution < -0.4 is 0 Å². The average Bonchev–Trinajstić information content (AvgIpc) is 2.47. The Kier molecular flexibility index (Phi) is 2.47. The highest BCUT2D eigenvalue weighted by Crippen LogP contribution is 2.37. The van der Waals surface area contributed by atoms with E-state index in [2.05, 4.69) is 15.9 Å². The molecule has 2 rings (SSSR count). The van der Waals surface area contributed by atoms with Gasteiger partial charge in [-0.15, -0.1) is 0 Å². The third kappa shape index (κ3) is 1.63. The van der Waals surface area contributed by atoms with Gasteiger partial charge in [-0.3, -0.25) is 10.1 Å². The van der Waals surface area contributed by atoms with Crippen LogP contribution in [-0.2, 0) is 0 Å². The van der Waals surface area contributed by atoms with Gasteiger partial charge in [-0.2, -0.15) is 0 Å². The van der Waals surface area contributed by atoms with Crippen LogP contribution in [0.1, 0.15) is 0 Å². The van der Waals surface area contributed by atoms with Crippen molar-refractivity contribution in [1.29, 1.82) is 0 Å². The zero-order valence-corrected chi connectivity index (χ0v) is 9.82. The van der Waals surface area contributed by atoms with Crippen molar-refractivity contribution in [2.75, 3.05) is 0 Å². The minimum absolute atomic E-state index is 0.128. The van der Waals surface area contributed by atoms with Crippen LogP contribution >= 0.6 is 38.9 Å². The Morgan fingerprint density at radius 1 is 1.43 bits per heavy atom. The fraction of sp³-hybridized carbons (Fsp3) is 0. The number of hydrogen-bond donors (Lipinski definition) is 0. The molecule has 6 heteroatoms. The smallest absolute Gasteiger partial charge is 0.258 e. The van der Waals surface area contributed by atoms with Crippen molar-refractivity contribution in [3.05, 3.63) is 37.8 Å². The van der Waals surface area contributed by atoms with Crippen LogP contribution in [0.25, 0.3) is 10.1 Å². The molecule has 0 saturated carbocycles. The molecule has 0 unspecified atom stereocenters. The molecule has 0 atom stereocenters. The average molecular weight is 293 g/mol. The van der Waals surface area contributed by atoms with E-state index in [-0.39, 0.29) is 5.00 Å². The first-order valence-electron chi connectivity index (χ1n) is 3.61. The molecular weight excluding hydrogens is 290 g/mol. The van der Waals surface area contributed by atoms with Crippen molar-refractivity contribution in [3.8, 4) is 0 Å². The summed E-state index contributed by atoms with van der Waals surface area (Å²) >= 11 is 10.3. The second kappa shape index (κ2) is 3.49. The summed E-state index contributed by atoms with van der Waals surface area (Å²) in [6.07, 6.45) is 0. The SMILES string of the molecule is O=[N+]([O-])c1cc2cc(Cl)cc(Br)c2s1. The third-order valence-electron chi connectivity index (χ3n) is 1.70. The number of benzene rings is 1. The van der Waals surface area contributed by atoms with Crippen LogP contribution in [0.4, 0.5) is 5.00 Å². The molecule has 0 aliphatic heterocycles. The van der Waals surface area contributed by atoms with Gasteiger partial charge in [0, 0.05) is 20.9 Å². The summed E-state index contributed by atoms with van der Waals surface area (Å²) in [5.74, 6) is 0. The van der Waals surface area contributed by atoms with Gasteiger partial charge in [-0.05, 0) is 28.1 Å². The highest BCUT2D eigenvalue weighted by molar-refractivity contribution is 9.10. The summed E-state index contributed by atoms with van der Waals surface area (Å²) < 4.78 is 1.64. The van der Waals surface area contributed by atoms with E-state index in [1.165, 1.54) is 6.07 Å². The van der Waals surface area contributed by atoms with Crippen molar-refractivity contribution < 1.29 is 4.92 Å². The standard InChI is InChI=1S/C8H3BrClNO2S/c9-6-3-5(10)1-4-2-7(11(12)13)14-8(4)6/h1-3H. The molecule has 1 aromatic heterocycles. The molecule has 0 amide bonds. The molecule has 2 aromatic rings. The normalized spacial score (nSPS) is 10.7.